The number of rotatable bonds is 14. The van der Waals surface area contributed by atoms with E-state index in [2.05, 4.69) is 17.2 Å². The van der Waals surface area contributed by atoms with Crippen LogP contribution in [0.1, 0.15) is 103 Å². The summed E-state index contributed by atoms with van der Waals surface area (Å²) in [7, 11) is 0. The first-order valence-corrected chi connectivity index (χ1v) is 10.4. The van der Waals surface area contributed by atoms with Gasteiger partial charge in [-0.3, -0.25) is 9.78 Å². The molecule has 0 aliphatic carbocycles. The SMILES string of the molecule is CCCCCCCCCCCCC(C)C(=O)NC(C)c1ccccn1. The zero-order chi connectivity index (χ0) is 18.3. The molecule has 1 amide bonds. The Bertz CT molecular complexity index is 447. The molecule has 0 aliphatic rings. The second-order valence-electron chi connectivity index (χ2n) is 7.36. The van der Waals surface area contributed by atoms with Crippen molar-refractivity contribution in [1.82, 2.24) is 10.3 Å². The Hall–Kier alpha value is -1.38. The molecule has 3 heteroatoms. The van der Waals surface area contributed by atoms with Gasteiger partial charge in [-0.05, 0) is 25.5 Å². The van der Waals surface area contributed by atoms with Crippen molar-refractivity contribution in [2.45, 2.75) is 97.4 Å². The van der Waals surface area contributed by atoms with Crippen molar-refractivity contribution >= 4 is 5.91 Å². The third-order valence-corrected chi connectivity index (χ3v) is 4.93. The summed E-state index contributed by atoms with van der Waals surface area (Å²) in [4.78, 5) is 16.6. The van der Waals surface area contributed by atoms with Gasteiger partial charge in [-0.2, -0.15) is 0 Å². The van der Waals surface area contributed by atoms with Crippen LogP contribution in [0, 0.1) is 5.92 Å². The fourth-order valence-electron chi connectivity index (χ4n) is 3.13. The molecule has 1 N–H and O–H groups in total. The number of nitrogens with one attached hydrogen (secondary N) is 1. The van der Waals surface area contributed by atoms with Crippen LogP contribution in [0.25, 0.3) is 0 Å². The molecule has 0 radical (unpaired) electrons. The van der Waals surface area contributed by atoms with Crippen molar-refractivity contribution in [3.8, 4) is 0 Å². The van der Waals surface area contributed by atoms with Crippen molar-refractivity contribution in [2.24, 2.45) is 5.92 Å². The number of amides is 1. The van der Waals surface area contributed by atoms with E-state index in [0.717, 1.165) is 18.5 Å². The summed E-state index contributed by atoms with van der Waals surface area (Å²) in [5.74, 6) is 0.231. The second-order valence-corrected chi connectivity index (χ2v) is 7.36. The van der Waals surface area contributed by atoms with Gasteiger partial charge < -0.3 is 5.32 Å². The predicted octanol–water partition coefficient (Wildman–Crippen LogP) is 6.21. The van der Waals surface area contributed by atoms with E-state index in [1.54, 1.807) is 6.20 Å². The van der Waals surface area contributed by atoms with Crippen molar-refractivity contribution in [3.63, 3.8) is 0 Å². The molecule has 2 atom stereocenters. The fourth-order valence-corrected chi connectivity index (χ4v) is 3.13. The highest BCUT2D eigenvalue weighted by Crippen LogP contribution is 2.15. The highest BCUT2D eigenvalue weighted by atomic mass is 16.1. The summed E-state index contributed by atoms with van der Waals surface area (Å²) in [6.07, 6.45) is 16.1. The number of hydrogen-bond donors (Lipinski definition) is 1. The van der Waals surface area contributed by atoms with Gasteiger partial charge in [0.15, 0.2) is 0 Å². The summed E-state index contributed by atoms with van der Waals surface area (Å²) in [6, 6.07) is 5.78. The second kappa shape index (κ2) is 13.9. The minimum Gasteiger partial charge on any atom is -0.348 e. The van der Waals surface area contributed by atoms with Gasteiger partial charge in [-0.25, -0.2) is 0 Å². The third-order valence-electron chi connectivity index (χ3n) is 4.93. The number of aromatic nitrogens is 1. The monoisotopic (exact) mass is 346 g/mol. The lowest BCUT2D eigenvalue weighted by Crippen LogP contribution is -2.31. The molecule has 2 unspecified atom stereocenters. The quantitative estimate of drug-likeness (QED) is 0.407. The molecule has 1 aromatic rings. The number of nitrogens with zero attached hydrogens (tertiary/aromatic N) is 1. The molecule has 25 heavy (non-hydrogen) atoms. The standard InChI is InChI=1S/C22H38N2O/c1-4-5-6-7-8-9-10-11-12-13-16-19(2)22(25)24-20(3)21-17-14-15-18-23-21/h14-15,17-20H,4-13,16H2,1-3H3,(H,24,25). The first-order chi connectivity index (χ1) is 12.1. The molecule has 0 saturated carbocycles. The molecule has 1 heterocycles. The molecule has 142 valence electrons. The molecule has 1 aromatic heterocycles. The van der Waals surface area contributed by atoms with Gasteiger partial charge in [0.2, 0.25) is 5.91 Å². The molecule has 1 rings (SSSR count). The average Bonchev–Trinajstić information content (AvgIpc) is 2.63. The van der Waals surface area contributed by atoms with E-state index < -0.39 is 0 Å². The minimum absolute atomic E-state index is 0.0242. The highest BCUT2D eigenvalue weighted by Gasteiger charge is 2.16. The van der Waals surface area contributed by atoms with Crippen LogP contribution in [0.2, 0.25) is 0 Å². The lowest BCUT2D eigenvalue weighted by Gasteiger charge is -2.17. The smallest absolute Gasteiger partial charge is 0.223 e. The largest absolute Gasteiger partial charge is 0.348 e. The van der Waals surface area contributed by atoms with Crippen LogP contribution >= 0.6 is 0 Å². The Labute approximate surface area is 155 Å². The first-order valence-electron chi connectivity index (χ1n) is 10.4. The third kappa shape index (κ3) is 10.3. The van der Waals surface area contributed by atoms with Crippen molar-refractivity contribution in [2.75, 3.05) is 0 Å². The first kappa shape index (κ1) is 21.7. The number of unbranched alkanes of at least 4 members (excludes halogenated alkanes) is 9. The highest BCUT2D eigenvalue weighted by molar-refractivity contribution is 5.78. The number of carbonyl (C=O) groups is 1. The molecule has 0 fully saturated rings. The molecular weight excluding hydrogens is 308 g/mol. The summed E-state index contributed by atoms with van der Waals surface area (Å²) in [5, 5.41) is 3.08. The van der Waals surface area contributed by atoms with Crippen LogP contribution in [0.15, 0.2) is 24.4 Å². The Balaban J connectivity index is 2.04. The van der Waals surface area contributed by atoms with Gasteiger partial charge in [0, 0.05) is 12.1 Å². The molecule has 3 nitrogen and oxygen atoms in total. The topological polar surface area (TPSA) is 42.0 Å². The number of hydrogen-bond acceptors (Lipinski definition) is 2. The maximum Gasteiger partial charge on any atom is 0.223 e. The van der Waals surface area contributed by atoms with Gasteiger partial charge >= 0.3 is 0 Å². The number of carbonyl (C=O) groups excluding carboxylic acids is 1. The van der Waals surface area contributed by atoms with Crippen molar-refractivity contribution in [3.05, 3.63) is 30.1 Å². The molecule has 0 aromatic carbocycles. The molecule has 0 bridgehead atoms. The van der Waals surface area contributed by atoms with Gasteiger partial charge in [0.25, 0.3) is 0 Å². The maximum absolute atomic E-state index is 12.3. The minimum atomic E-state index is -0.0242. The Kier molecular flexibility index (Phi) is 12.0. The van der Waals surface area contributed by atoms with E-state index in [1.165, 1.54) is 57.8 Å². The zero-order valence-electron chi connectivity index (χ0n) is 16.6. The Morgan fingerprint density at radius 2 is 1.56 bits per heavy atom. The molecule has 0 saturated heterocycles. The van der Waals surface area contributed by atoms with Crippen LogP contribution in [-0.2, 0) is 4.79 Å². The lowest BCUT2D eigenvalue weighted by molar-refractivity contribution is -0.125. The van der Waals surface area contributed by atoms with Gasteiger partial charge in [-0.1, -0.05) is 84.1 Å². The van der Waals surface area contributed by atoms with Crippen LogP contribution in [0.4, 0.5) is 0 Å². The Morgan fingerprint density at radius 3 is 2.12 bits per heavy atom. The van der Waals surface area contributed by atoms with E-state index in [0.29, 0.717) is 0 Å². The van der Waals surface area contributed by atoms with Crippen LogP contribution < -0.4 is 5.32 Å². The van der Waals surface area contributed by atoms with Gasteiger partial charge in [-0.15, -0.1) is 0 Å². The lowest BCUT2D eigenvalue weighted by atomic mass is 10.00. The van der Waals surface area contributed by atoms with Crippen molar-refractivity contribution < 1.29 is 4.79 Å². The normalized spacial score (nSPS) is 13.4. The molecule has 0 spiro atoms. The maximum atomic E-state index is 12.3. The molecule has 0 aliphatic heterocycles. The van der Waals surface area contributed by atoms with Crippen LogP contribution in [0.5, 0.6) is 0 Å². The van der Waals surface area contributed by atoms with E-state index in [4.69, 9.17) is 0 Å². The molecular formula is C22H38N2O. The predicted molar refractivity (Wildman–Crippen MR) is 106 cm³/mol. The van der Waals surface area contributed by atoms with E-state index in [-0.39, 0.29) is 17.9 Å². The van der Waals surface area contributed by atoms with Crippen LogP contribution in [0.3, 0.4) is 0 Å². The van der Waals surface area contributed by atoms with E-state index in [1.807, 2.05) is 32.0 Å². The number of pyridine rings is 1. The summed E-state index contributed by atoms with van der Waals surface area (Å²) in [5.41, 5.74) is 0.919. The Morgan fingerprint density at radius 1 is 0.960 bits per heavy atom. The van der Waals surface area contributed by atoms with Gasteiger partial charge in [0.1, 0.15) is 0 Å². The zero-order valence-corrected chi connectivity index (χ0v) is 16.6. The van der Waals surface area contributed by atoms with E-state index >= 15 is 0 Å². The average molecular weight is 347 g/mol. The van der Waals surface area contributed by atoms with Crippen molar-refractivity contribution in [1.29, 1.82) is 0 Å². The summed E-state index contributed by atoms with van der Waals surface area (Å²) >= 11 is 0. The van der Waals surface area contributed by atoms with E-state index in [9.17, 15) is 4.79 Å². The van der Waals surface area contributed by atoms with Gasteiger partial charge in [0.05, 0.1) is 11.7 Å². The fraction of sp³-hybridized carbons (Fsp3) is 0.727. The summed E-state index contributed by atoms with van der Waals surface area (Å²) < 4.78 is 0. The summed E-state index contributed by atoms with van der Waals surface area (Å²) in [6.45, 7) is 6.29. The van der Waals surface area contributed by atoms with Crippen LogP contribution in [-0.4, -0.2) is 10.9 Å².